The largest absolute Gasteiger partial charge is 0.497 e. The van der Waals surface area contributed by atoms with Crippen molar-refractivity contribution in [2.24, 2.45) is 0 Å². The van der Waals surface area contributed by atoms with Crippen molar-refractivity contribution in [3.05, 3.63) is 72.8 Å². The number of aromatic amines is 1. The third-order valence-electron chi connectivity index (χ3n) is 4.63. The van der Waals surface area contributed by atoms with Crippen LogP contribution < -0.4 is 13.8 Å². The summed E-state index contributed by atoms with van der Waals surface area (Å²) in [4.78, 5) is 8.31. The van der Waals surface area contributed by atoms with Crippen LogP contribution >= 0.6 is 11.9 Å². The van der Waals surface area contributed by atoms with E-state index in [0.29, 0.717) is 11.6 Å². The Hall–Kier alpha value is -3.44. The maximum Gasteiger partial charge on any atom is 0.157 e. The van der Waals surface area contributed by atoms with E-state index in [4.69, 9.17) is 30.6 Å². The number of H-pyrrole nitrogens is 1. The highest BCUT2D eigenvalue weighted by molar-refractivity contribution is 6.09. The van der Waals surface area contributed by atoms with Gasteiger partial charge in [0, 0.05) is 11.1 Å². The minimum absolute atomic E-state index is 0.525. The fraction of sp³-hybridized carbons (Fsp3) is 0.0870. The Morgan fingerprint density at radius 1 is 0.793 bits per heavy atom. The Bertz CT molecular complexity index is 1080. The lowest BCUT2D eigenvalue weighted by Gasteiger charge is -2.07. The maximum absolute atomic E-state index is 5.67. The van der Waals surface area contributed by atoms with Crippen molar-refractivity contribution in [3.63, 3.8) is 0 Å². The molecule has 4 rings (SSSR count). The van der Waals surface area contributed by atoms with Crippen molar-refractivity contribution < 1.29 is 13.8 Å². The topological polar surface area (TPSA) is 56.4 Å². The normalized spacial score (nSPS) is 10.6. The van der Waals surface area contributed by atoms with E-state index in [0.717, 1.165) is 39.6 Å². The van der Waals surface area contributed by atoms with Crippen molar-refractivity contribution in [2.45, 2.75) is 0 Å². The van der Waals surface area contributed by atoms with Crippen LogP contribution in [0.25, 0.3) is 33.9 Å². The Morgan fingerprint density at radius 2 is 1.45 bits per heavy atom. The van der Waals surface area contributed by atoms with E-state index in [1.54, 1.807) is 20.3 Å². The number of methoxy groups -OCH3 is 2. The van der Waals surface area contributed by atoms with Crippen LogP contribution in [-0.2, 0) is 0 Å². The van der Waals surface area contributed by atoms with Gasteiger partial charge in [0.1, 0.15) is 29.2 Å². The highest BCUT2D eigenvalue weighted by Gasteiger charge is 2.18. The van der Waals surface area contributed by atoms with Gasteiger partial charge in [-0.15, -0.1) is 0 Å². The zero-order valence-corrected chi connectivity index (χ0v) is 16.7. The second-order valence-corrected chi connectivity index (χ2v) is 6.50. The quantitative estimate of drug-likeness (QED) is 0.429. The number of nitrogens with one attached hydrogen (secondary N) is 1. The molecule has 0 aliphatic carbocycles. The Balaban J connectivity index is 1.93. The summed E-state index contributed by atoms with van der Waals surface area (Å²) in [5.74, 6) is 2.70. The molecule has 5 nitrogen and oxygen atoms in total. The molecule has 0 unspecified atom stereocenters. The highest BCUT2D eigenvalue weighted by atomic mass is 35.5. The first-order chi connectivity index (χ1) is 14.2. The number of hydrogen-bond acceptors (Lipinski definition) is 4. The Labute approximate surface area is 174 Å². The fourth-order valence-corrected chi connectivity index (χ4v) is 3.33. The average molecular weight is 407 g/mol. The van der Waals surface area contributed by atoms with Crippen LogP contribution in [0, 0.1) is 0 Å². The molecule has 4 aromatic rings. The molecule has 0 aliphatic rings. The number of para-hydroxylation sites is 1. The molecule has 0 saturated heterocycles. The van der Waals surface area contributed by atoms with Gasteiger partial charge in [-0.2, -0.15) is 0 Å². The summed E-state index contributed by atoms with van der Waals surface area (Å²) in [6.45, 7) is 0. The monoisotopic (exact) mass is 406 g/mol. The van der Waals surface area contributed by atoms with E-state index >= 15 is 0 Å². The number of ether oxygens (including phenoxy) is 2. The predicted molar refractivity (Wildman–Crippen MR) is 114 cm³/mol. The van der Waals surface area contributed by atoms with E-state index in [1.807, 2.05) is 66.7 Å². The lowest BCUT2D eigenvalue weighted by atomic mass is 10.0. The van der Waals surface area contributed by atoms with Crippen LogP contribution in [0.3, 0.4) is 0 Å². The highest BCUT2D eigenvalue weighted by Crippen LogP contribution is 2.37. The molecular weight excluding hydrogens is 388 g/mol. The van der Waals surface area contributed by atoms with Gasteiger partial charge in [0.05, 0.1) is 31.2 Å². The Morgan fingerprint density at radius 3 is 2.14 bits per heavy atom. The van der Waals surface area contributed by atoms with Crippen LogP contribution in [-0.4, -0.2) is 24.2 Å². The summed E-state index contributed by atoms with van der Waals surface area (Å²) >= 11 is 5.67. The standard InChI is InChI=1S/C23H19ClN2O3/c1-27-17-9-5-7-15(13-17)21-22(16-8-6-10-18(14-16)28-2)26-23(25-21)19-11-3-4-12-20(19)29-24/h3-14H,1-2H3,(H,25,26). The Kier molecular flexibility index (Phi) is 5.40. The summed E-state index contributed by atoms with van der Waals surface area (Å²) in [6, 6.07) is 23.1. The molecule has 0 fully saturated rings. The van der Waals surface area contributed by atoms with Gasteiger partial charge in [-0.25, -0.2) is 4.98 Å². The van der Waals surface area contributed by atoms with E-state index in [9.17, 15) is 0 Å². The number of imidazole rings is 1. The van der Waals surface area contributed by atoms with Crippen LogP contribution in [0.4, 0.5) is 0 Å². The maximum atomic E-state index is 5.67. The van der Waals surface area contributed by atoms with Gasteiger partial charge < -0.3 is 18.7 Å². The minimum atomic E-state index is 0.525. The van der Waals surface area contributed by atoms with Gasteiger partial charge in [0.2, 0.25) is 0 Å². The van der Waals surface area contributed by atoms with Crippen LogP contribution in [0.2, 0.25) is 0 Å². The van der Waals surface area contributed by atoms with Crippen molar-refractivity contribution in [1.82, 2.24) is 9.97 Å². The molecule has 1 aromatic heterocycles. The molecule has 0 spiro atoms. The first-order valence-electron chi connectivity index (χ1n) is 9.00. The molecule has 0 saturated carbocycles. The smallest absolute Gasteiger partial charge is 0.157 e. The molecule has 0 bridgehead atoms. The molecule has 1 heterocycles. The number of benzene rings is 3. The van der Waals surface area contributed by atoms with Gasteiger partial charge in [-0.05, 0) is 36.4 Å². The molecule has 6 heteroatoms. The molecule has 3 aromatic carbocycles. The predicted octanol–water partition coefficient (Wildman–Crippen LogP) is 5.96. The van der Waals surface area contributed by atoms with Crippen molar-refractivity contribution in [3.8, 4) is 51.2 Å². The zero-order valence-electron chi connectivity index (χ0n) is 16.0. The summed E-state index contributed by atoms with van der Waals surface area (Å²) in [5.41, 5.74) is 4.29. The molecule has 0 radical (unpaired) electrons. The number of hydrogen-bond donors (Lipinski definition) is 1. The van der Waals surface area contributed by atoms with Crippen molar-refractivity contribution in [2.75, 3.05) is 14.2 Å². The molecule has 0 atom stereocenters. The molecular formula is C23H19ClN2O3. The third kappa shape index (κ3) is 3.77. The van der Waals surface area contributed by atoms with Gasteiger partial charge >= 0.3 is 0 Å². The van der Waals surface area contributed by atoms with Gasteiger partial charge in [-0.1, -0.05) is 36.4 Å². The second kappa shape index (κ2) is 8.29. The van der Waals surface area contributed by atoms with E-state index in [1.165, 1.54) is 0 Å². The fourth-order valence-electron chi connectivity index (χ4n) is 3.20. The summed E-state index contributed by atoms with van der Waals surface area (Å²) in [7, 11) is 3.29. The zero-order chi connectivity index (χ0) is 20.2. The molecule has 0 aliphatic heterocycles. The van der Waals surface area contributed by atoms with Crippen LogP contribution in [0.15, 0.2) is 72.8 Å². The first kappa shape index (κ1) is 18.9. The lowest BCUT2D eigenvalue weighted by molar-refractivity contribution is 0.415. The summed E-state index contributed by atoms with van der Waals surface area (Å²) < 4.78 is 15.8. The van der Waals surface area contributed by atoms with Crippen LogP contribution in [0.5, 0.6) is 17.2 Å². The van der Waals surface area contributed by atoms with E-state index < -0.39 is 0 Å². The van der Waals surface area contributed by atoms with Gasteiger partial charge in [0.25, 0.3) is 0 Å². The summed E-state index contributed by atoms with van der Waals surface area (Å²) in [6.07, 6.45) is 0. The molecule has 146 valence electrons. The number of nitrogens with zero attached hydrogens (tertiary/aromatic N) is 1. The molecule has 29 heavy (non-hydrogen) atoms. The molecule has 1 N–H and O–H groups in total. The van der Waals surface area contributed by atoms with E-state index in [2.05, 4.69) is 4.98 Å². The van der Waals surface area contributed by atoms with E-state index in [-0.39, 0.29) is 0 Å². The SMILES string of the molecule is COc1cccc(-c2nc(-c3ccccc3OCl)[nH]c2-c2cccc(OC)c2)c1. The van der Waals surface area contributed by atoms with Gasteiger partial charge in [-0.3, -0.25) is 0 Å². The van der Waals surface area contributed by atoms with Crippen LogP contribution in [0.1, 0.15) is 0 Å². The summed E-state index contributed by atoms with van der Waals surface area (Å²) in [5, 5.41) is 0. The average Bonchev–Trinajstić information content (AvgIpc) is 3.24. The molecule has 0 amide bonds. The third-order valence-corrected chi connectivity index (χ3v) is 4.80. The van der Waals surface area contributed by atoms with Gasteiger partial charge in [0.15, 0.2) is 5.75 Å². The second-order valence-electron chi connectivity index (χ2n) is 6.35. The van der Waals surface area contributed by atoms with Crippen molar-refractivity contribution in [1.29, 1.82) is 0 Å². The number of aromatic nitrogens is 2. The number of rotatable bonds is 6. The first-order valence-corrected chi connectivity index (χ1v) is 9.31. The lowest BCUT2D eigenvalue weighted by Crippen LogP contribution is -1.88. The minimum Gasteiger partial charge on any atom is -0.497 e. The van der Waals surface area contributed by atoms with Crippen molar-refractivity contribution >= 4 is 11.9 Å². The number of halogens is 1.